The van der Waals surface area contributed by atoms with E-state index in [9.17, 15) is 9.59 Å². The molecule has 1 spiro atoms. The summed E-state index contributed by atoms with van der Waals surface area (Å²) >= 11 is 1.89. The minimum Gasteiger partial charge on any atom is -0.327 e. The van der Waals surface area contributed by atoms with Crippen LogP contribution in [0, 0.1) is 13.8 Å². The number of urea groups is 1. The average Bonchev–Trinajstić information content (AvgIpc) is 3.18. The molecule has 1 N–H and O–H groups in total. The lowest BCUT2D eigenvalue weighted by atomic mass is 10.0. The SMILES string of the molecule is Cc1ccc(NC(=O)N2CCC3(CC2)SCCN3C(=O)CCc2ccccc2)c(C)c1. The van der Waals surface area contributed by atoms with Gasteiger partial charge in [-0.25, -0.2) is 4.79 Å². The van der Waals surface area contributed by atoms with Gasteiger partial charge in [0.1, 0.15) is 0 Å². The smallest absolute Gasteiger partial charge is 0.321 e. The van der Waals surface area contributed by atoms with Gasteiger partial charge in [0.2, 0.25) is 5.91 Å². The molecule has 0 atom stereocenters. The van der Waals surface area contributed by atoms with Crippen LogP contribution >= 0.6 is 11.8 Å². The lowest BCUT2D eigenvalue weighted by Gasteiger charge is -2.44. The van der Waals surface area contributed by atoms with Crippen LogP contribution in [-0.4, -0.2) is 52.0 Å². The first-order valence-corrected chi connectivity index (χ1v) is 12.1. The van der Waals surface area contributed by atoms with Crippen molar-refractivity contribution in [2.75, 3.05) is 30.7 Å². The van der Waals surface area contributed by atoms with E-state index in [0.29, 0.717) is 19.5 Å². The molecule has 2 fully saturated rings. The number of benzene rings is 2. The van der Waals surface area contributed by atoms with Crippen molar-refractivity contribution < 1.29 is 9.59 Å². The number of hydrogen-bond acceptors (Lipinski definition) is 3. The maximum atomic E-state index is 13.0. The van der Waals surface area contributed by atoms with Crippen LogP contribution in [0.5, 0.6) is 0 Å². The summed E-state index contributed by atoms with van der Waals surface area (Å²) in [4.78, 5) is 29.7. The summed E-state index contributed by atoms with van der Waals surface area (Å²) in [7, 11) is 0. The number of aryl methyl sites for hydroxylation is 3. The maximum absolute atomic E-state index is 13.0. The van der Waals surface area contributed by atoms with Crippen molar-refractivity contribution in [1.29, 1.82) is 0 Å². The summed E-state index contributed by atoms with van der Waals surface area (Å²) in [6.45, 7) is 6.22. The van der Waals surface area contributed by atoms with Crippen molar-refractivity contribution in [3.63, 3.8) is 0 Å². The molecule has 2 saturated heterocycles. The second-order valence-electron chi connectivity index (χ2n) is 8.56. The molecule has 2 heterocycles. The van der Waals surface area contributed by atoms with Gasteiger partial charge < -0.3 is 15.1 Å². The van der Waals surface area contributed by atoms with E-state index in [0.717, 1.165) is 42.8 Å². The molecule has 2 aliphatic heterocycles. The Kier molecular flexibility index (Phi) is 6.56. The van der Waals surface area contributed by atoms with Gasteiger partial charge in [-0.3, -0.25) is 4.79 Å². The minimum absolute atomic E-state index is 0.0493. The number of anilines is 1. The number of carbonyl (C=O) groups excluding carboxylic acids is 2. The van der Waals surface area contributed by atoms with E-state index >= 15 is 0 Å². The van der Waals surface area contributed by atoms with Gasteiger partial charge in [-0.05, 0) is 50.3 Å². The number of rotatable bonds is 4. The quantitative estimate of drug-likeness (QED) is 0.745. The molecular weight excluding hydrogens is 406 g/mol. The third kappa shape index (κ3) is 4.90. The number of piperidine rings is 1. The third-order valence-corrected chi connectivity index (χ3v) is 7.96. The fourth-order valence-corrected chi connectivity index (χ4v) is 6.09. The Balaban J connectivity index is 1.33. The molecule has 0 aliphatic carbocycles. The summed E-state index contributed by atoms with van der Waals surface area (Å²) in [5.41, 5.74) is 4.33. The molecule has 6 heteroatoms. The van der Waals surface area contributed by atoms with Crippen LogP contribution in [0.2, 0.25) is 0 Å². The van der Waals surface area contributed by atoms with Crippen LogP contribution in [0.1, 0.15) is 36.0 Å². The fraction of sp³-hybridized carbons (Fsp3) is 0.440. The van der Waals surface area contributed by atoms with E-state index in [1.807, 2.05) is 53.9 Å². The van der Waals surface area contributed by atoms with Gasteiger partial charge in [-0.1, -0.05) is 48.0 Å². The molecule has 164 valence electrons. The first-order valence-electron chi connectivity index (χ1n) is 11.1. The van der Waals surface area contributed by atoms with Gasteiger partial charge in [0.05, 0.1) is 4.87 Å². The van der Waals surface area contributed by atoms with Crippen molar-refractivity contribution in [3.8, 4) is 0 Å². The van der Waals surface area contributed by atoms with Crippen LogP contribution in [0.3, 0.4) is 0 Å². The number of nitrogens with one attached hydrogen (secondary N) is 1. The Morgan fingerprint density at radius 2 is 1.77 bits per heavy atom. The Labute approximate surface area is 189 Å². The molecule has 0 bridgehead atoms. The summed E-state index contributed by atoms with van der Waals surface area (Å²) in [5, 5.41) is 3.06. The highest BCUT2D eigenvalue weighted by molar-refractivity contribution is 8.00. The van der Waals surface area contributed by atoms with Gasteiger partial charge >= 0.3 is 6.03 Å². The number of thioether (sulfide) groups is 1. The highest BCUT2D eigenvalue weighted by Crippen LogP contribution is 2.44. The fourth-order valence-electron chi connectivity index (χ4n) is 4.61. The number of nitrogens with zero attached hydrogens (tertiary/aromatic N) is 2. The number of hydrogen-bond donors (Lipinski definition) is 1. The molecule has 0 unspecified atom stereocenters. The topological polar surface area (TPSA) is 52.7 Å². The third-order valence-electron chi connectivity index (χ3n) is 6.40. The molecule has 2 aromatic rings. The summed E-state index contributed by atoms with van der Waals surface area (Å²) < 4.78 is 0. The lowest BCUT2D eigenvalue weighted by molar-refractivity contribution is -0.134. The second-order valence-corrected chi connectivity index (χ2v) is 10.0. The van der Waals surface area contributed by atoms with Gasteiger partial charge in [0.25, 0.3) is 0 Å². The Morgan fingerprint density at radius 1 is 1.03 bits per heavy atom. The molecule has 0 aromatic heterocycles. The Hall–Kier alpha value is -2.47. The predicted molar refractivity (Wildman–Crippen MR) is 127 cm³/mol. The lowest BCUT2D eigenvalue weighted by Crippen LogP contribution is -2.54. The standard InChI is InChI=1S/C25H31N3O2S/c1-19-8-10-22(20(2)18-19)26-24(30)27-14-12-25(13-15-27)28(16-17-31-25)23(29)11-9-21-6-4-3-5-7-21/h3-8,10,18H,9,11-17H2,1-2H3,(H,26,30). The van der Waals surface area contributed by atoms with Crippen LogP contribution in [0.4, 0.5) is 10.5 Å². The van der Waals surface area contributed by atoms with Crippen LogP contribution in [0.25, 0.3) is 0 Å². The summed E-state index contributed by atoms with van der Waals surface area (Å²) in [5.74, 6) is 1.22. The monoisotopic (exact) mass is 437 g/mol. The Bertz CT molecular complexity index is 939. The molecule has 2 aromatic carbocycles. The van der Waals surface area contributed by atoms with Crippen LogP contribution < -0.4 is 5.32 Å². The number of carbonyl (C=O) groups is 2. The molecule has 31 heavy (non-hydrogen) atoms. The molecular formula is C25H31N3O2S. The molecule has 0 saturated carbocycles. The van der Waals surface area contributed by atoms with Crippen molar-refractivity contribution in [1.82, 2.24) is 9.80 Å². The Morgan fingerprint density at radius 3 is 2.48 bits per heavy atom. The number of amides is 3. The van der Waals surface area contributed by atoms with Gasteiger partial charge in [-0.2, -0.15) is 0 Å². The predicted octanol–water partition coefficient (Wildman–Crippen LogP) is 4.84. The highest BCUT2D eigenvalue weighted by Gasteiger charge is 2.46. The minimum atomic E-state index is -0.148. The van der Waals surface area contributed by atoms with E-state index in [2.05, 4.69) is 35.3 Å². The summed E-state index contributed by atoms with van der Waals surface area (Å²) in [6, 6.07) is 16.2. The molecule has 2 aliphatic rings. The zero-order chi connectivity index (χ0) is 21.8. The van der Waals surface area contributed by atoms with E-state index in [1.165, 1.54) is 11.1 Å². The maximum Gasteiger partial charge on any atom is 0.321 e. The van der Waals surface area contributed by atoms with Crippen molar-refractivity contribution >= 4 is 29.4 Å². The van der Waals surface area contributed by atoms with Crippen LogP contribution in [0.15, 0.2) is 48.5 Å². The van der Waals surface area contributed by atoms with Crippen molar-refractivity contribution in [3.05, 3.63) is 65.2 Å². The normalized spacial score (nSPS) is 17.7. The highest BCUT2D eigenvalue weighted by atomic mass is 32.2. The zero-order valence-electron chi connectivity index (χ0n) is 18.4. The van der Waals surface area contributed by atoms with E-state index in [4.69, 9.17) is 0 Å². The van der Waals surface area contributed by atoms with Gasteiger partial charge in [-0.15, -0.1) is 11.8 Å². The first kappa shape index (κ1) is 21.8. The summed E-state index contributed by atoms with van der Waals surface area (Å²) in [6.07, 6.45) is 2.98. The van der Waals surface area contributed by atoms with Crippen LogP contribution in [-0.2, 0) is 11.2 Å². The second kappa shape index (κ2) is 9.35. The molecule has 5 nitrogen and oxygen atoms in total. The van der Waals surface area contributed by atoms with Crippen molar-refractivity contribution in [2.24, 2.45) is 0 Å². The molecule has 0 radical (unpaired) electrons. The largest absolute Gasteiger partial charge is 0.327 e. The van der Waals surface area contributed by atoms with Gasteiger partial charge in [0, 0.05) is 37.5 Å². The number of likely N-dealkylation sites (tertiary alicyclic amines) is 1. The first-order chi connectivity index (χ1) is 15.0. The molecule has 4 rings (SSSR count). The van der Waals surface area contributed by atoms with E-state index in [1.54, 1.807) is 0 Å². The van der Waals surface area contributed by atoms with E-state index < -0.39 is 0 Å². The zero-order valence-corrected chi connectivity index (χ0v) is 19.2. The van der Waals surface area contributed by atoms with Gasteiger partial charge in [0.15, 0.2) is 0 Å². The van der Waals surface area contributed by atoms with Crippen molar-refractivity contribution in [2.45, 2.75) is 44.4 Å². The van der Waals surface area contributed by atoms with E-state index in [-0.39, 0.29) is 16.8 Å². The molecule has 3 amide bonds. The average molecular weight is 438 g/mol.